The molecule has 0 fully saturated rings. The van der Waals surface area contributed by atoms with Crippen LogP contribution in [0.4, 0.5) is 0 Å². The van der Waals surface area contributed by atoms with Gasteiger partial charge in [0.25, 0.3) is 0 Å². The summed E-state index contributed by atoms with van der Waals surface area (Å²) in [5, 5.41) is 8.73. The van der Waals surface area contributed by atoms with Crippen molar-refractivity contribution in [3.8, 4) is 5.75 Å². The Bertz CT molecular complexity index is 400. The zero-order chi connectivity index (χ0) is 14.4. The van der Waals surface area contributed by atoms with Gasteiger partial charge < -0.3 is 15.6 Å². The lowest BCUT2D eigenvalue weighted by atomic mass is 9.94. The van der Waals surface area contributed by atoms with Crippen molar-refractivity contribution in [2.24, 2.45) is 11.7 Å². The molecular weight excluding hydrogens is 242 g/mol. The molecule has 3 N–H and O–H groups in total. The van der Waals surface area contributed by atoms with E-state index in [4.69, 9.17) is 15.6 Å². The third-order valence-electron chi connectivity index (χ3n) is 2.86. The smallest absolute Gasteiger partial charge is 0.303 e. The lowest BCUT2D eigenvalue weighted by molar-refractivity contribution is -0.138. The maximum Gasteiger partial charge on any atom is 0.303 e. The van der Waals surface area contributed by atoms with E-state index < -0.39 is 5.97 Å². The molecule has 0 aliphatic carbocycles. The van der Waals surface area contributed by atoms with Gasteiger partial charge in [-0.2, -0.15) is 0 Å². The van der Waals surface area contributed by atoms with Crippen molar-refractivity contribution in [2.75, 3.05) is 0 Å². The number of nitrogens with two attached hydrogens (primary N) is 1. The highest BCUT2D eigenvalue weighted by Crippen LogP contribution is 2.23. The Kier molecular flexibility index (Phi) is 5.83. The molecule has 0 heterocycles. The highest BCUT2D eigenvalue weighted by Gasteiger charge is 2.14. The molecule has 0 saturated heterocycles. The van der Waals surface area contributed by atoms with Crippen molar-refractivity contribution in [3.05, 3.63) is 29.8 Å². The first-order valence-electron chi connectivity index (χ1n) is 6.62. The molecule has 0 amide bonds. The van der Waals surface area contributed by atoms with Crippen LogP contribution in [0.5, 0.6) is 5.75 Å². The van der Waals surface area contributed by atoms with E-state index in [1.165, 1.54) is 0 Å². The average molecular weight is 265 g/mol. The monoisotopic (exact) mass is 265 g/mol. The molecule has 2 unspecified atom stereocenters. The van der Waals surface area contributed by atoms with Crippen LogP contribution in [0, 0.1) is 5.92 Å². The molecule has 4 nitrogen and oxygen atoms in total. The molecule has 1 aromatic rings. The first kappa shape index (κ1) is 15.5. The van der Waals surface area contributed by atoms with Crippen LogP contribution in [0.25, 0.3) is 0 Å². The van der Waals surface area contributed by atoms with Crippen molar-refractivity contribution < 1.29 is 14.6 Å². The highest BCUT2D eigenvalue weighted by atomic mass is 16.5. The standard InChI is InChI=1S/C15H23NO3/c1-10(2)19-13-6-4-12(5-7-13)14(16)8-11(3)9-15(17)18/h4-7,10-11,14H,8-9,16H2,1-3H3,(H,17,18). The highest BCUT2D eigenvalue weighted by molar-refractivity contribution is 5.66. The number of carboxylic acid groups (broad SMARTS) is 1. The minimum Gasteiger partial charge on any atom is -0.491 e. The van der Waals surface area contributed by atoms with Gasteiger partial charge in [0.1, 0.15) is 5.75 Å². The fourth-order valence-electron chi connectivity index (χ4n) is 2.02. The molecule has 0 radical (unpaired) electrons. The van der Waals surface area contributed by atoms with E-state index in [1.807, 2.05) is 45.0 Å². The quantitative estimate of drug-likeness (QED) is 0.795. The number of hydrogen-bond acceptors (Lipinski definition) is 3. The molecule has 106 valence electrons. The topological polar surface area (TPSA) is 72.5 Å². The first-order valence-corrected chi connectivity index (χ1v) is 6.62. The second-order valence-corrected chi connectivity index (χ2v) is 5.28. The van der Waals surface area contributed by atoms with Crippen molar-refractivity contribution in [2.45, 2.75) is 45.8 Å². The number of benzene rings is 1. The largest absolute Gasteiger partial charge is 0.491 e. The van der Waals surface area contributed by atoms with Crippen LogP contribution < -0.4 is 10.5 Å². The Hall–Kier alpha value is -1.55. The zero-order valence-electron chi connectivity index (χ0n) is 11.8. The summed E-state index contributed by atoms with van der Waals surface area (Å²) in [7, 11) is 0. The second kappa shape index (κ2) is 7.14. The van der Waals surface area contributed by atoms with Gasteiger partial charge >= 0.3 is 5.97 Å². The Morgan fingerprint density at radius 2 is 1.84 bits per heavy atom. The molecule has 0 bridgehead atoms. The van der Waals surface area contributed by atoms with E-state index in [0.717, 1.165) is 11.3 Å². The molecule has 1 aromatic carbocycles. The van der Waals surface area contributed by atoms with Gasteiger partial charge in [-0.25, -0.2) is 0 Å². The van der Waals surface area contributed by atoms with Gasteiger partial charge in [0, 0.05) is 12.5 Å². The lowest BCUT2D eigenvalue weighted by Gasteiger charge is -2.17. The van der Waals surface area contributed by atoms with Crippen LogP contribution in [-0.4, -0.2) is 17.2 Å². The number of aliphatic carboxylic acids is 1. The first-order chi connectivity index (χ1) is 8.88. The Balaban J connectivity index is 2.57. The van der Waals surface area contributed by atoms with Crippen LogP contribution in [0.3, 0.4) is 0 Å². The van der Waals surface area contributed by atoms with Gasteiger partial charge in [-0.05, 0) is 43.9 Å². The van der Waals surface area contributed by atoms with Crippen molar-refractivity contribution in [1.29, 1.82) is 0 Å². The Morgan fingerprint density at radius 3 is 2.32 bits per heavy atom. The third kappa shape index (κ3) is 5.75. The minimum atomic E-state index is -0.777. The molecule has 1 rings (SSSR count). The van der Waals surface area contributed by atoms with Gasteiger partial charge in [-0.3, -0.25) is 4.79 Å². The fourth-order valence-corrected chi connectivity index (χ4v) is 2.02. The minimum absolute atomic E-state index is 0.0686. The van der Waals surface area contributed by atoms with Crippen LogP contribution in [0.1, 0.15) is 45.2 Å². The van der Waals surface area contributed by atoms with E-state index in [2.05, 4.69) is 0 Å². The summed E-state index contributed by atoms with van der Waals surface area (Å²) >= 11 is 0. The molecule has 0 aliphatic heterocycles. The molecule has 0 saturated carbocycles. The Morgan fingerprint density at radius 1 is 1.26 bits per heavy atom. The summed E-state index contributed by atoms with van der Waals surface area (Å²) < 4.78 is 5.56. The summed E-state index contributed by atoms with van der Waals surface area (Å²) in [4.78, 5) is 10.6. The normalized spacial score (nSPS) is 14.2. The van der Waals surface area contributed by atoms with E-state index in [9.17, 15) is 4.79 Å². The molecule has 0 aromatic heterocycles. The van der Waals surface area contributed by atoms with E-state index in [1.54, 1.807) is 0 Å². The molecule has 19 heavy (non-hydrogen) atoms. The number of carboxylic acids is 1. The molecule has 0 spiro atoms. The summed E-state index contributed by atoms with van der Waals surface area (Å²) in [6.45, 7) is 5.87. The van der Waals surface area contributed by atoms with Gasteiger partial charge in [0.2, 0.25) is 0 Å². The Labute approximate surface area is 114 Å². The van der Waals surface area contributed by atoms with Gasteiger partial charge in [-0.1, -0.05) is 19.1 Å². The van der Waals surface area contributed by atoms with E-state index in [0.29, 0.717) is 6.42 Å². The lowest BCUT2D eigenvalue weighted by Crippen LogP contribution is -2.16. The van der Waals surface area contributed by atoms with Crippen LogP contribution in [-0.2, 0) is 4.79 Å². The van der Waals surface area contributed by atoms with Crippen LogP contribution in [0.2, 0.25) is 0 Å². The predicted octanol–water partition coefficient (Wildman–Crippen LogP) is 2.97. The predicted molar refractivity (Wildman–Crippen MR) is 75.2 cm³/mol. The fraction of sp³-hybridized carbons (Fsp3) is 0.533. The average Bonchev–Trinajstić information content (AvgIpc) is 2.27. The van der Waals surface area contributed by atoms with Crippen LogP contribution in [0.15, 0.2) is 24.3 Å². The van der Waals surface area contributed by atoms with Gasteiger partial charge in [-0.15, -0.1) is 0 Å². The molecule has 2 atom stereocenters. The van der Waals surface area contributed by atoms with Gasteiger partial charge in [0.15, 0.2) is 0 Å². The van der Waals surface area contributed by atoms with E-state index in [-0.39, 0.29) is 24.5 Å². The maximum atomic E-state index is 10.6. The number of hydrogen-bond donors (Lipinski definition) is 2. The van der Waals surface area contributed by atoms with Gasteiger partial charge in [0.05, 0.1) is 6.10 Å². The summed E-state index contributed by atoms with van der Waals surface area (Å²) in [6.07, 6.45) is 0.967. The van der Waals surface area contributed by atoms with E-state index >= 15 is 0 Å². The summed E-state index contributed by atoms with van der Waals surface area (Å²) in [6, 6.07) is 7.54. The van der Waals surface area contributed by atoms with Crippen molar-refractivity contribution in [3.63, 3.8) is 0 Å². The third-order valence-corrected chi connectivity index (χ3v) is 2.86. The van der Waals surface area contributed by atoms with Crippen LogP contribution >= 0.6 is 0 Å². The number of rotatable bonds is 7. The zero-order valence-corrected chi connectivity index (χ0v) is 11.8. The summed E-state index contributed by atoms with van der Waals surface area (Å²) in [5.41, 5.74) is 7.10. The molecular formula is C15H23NO3. The second-order valence-electron chi connectivity index (χ2n) is 5.28. The molecule has 4 heteroatoms. The van der Waals surface area contributed by atoms with Crippen molar-refractivity contribution in [1.82, 2.24) is 0 Å². The molecule has 0 aliphatic rings. The summed E-state index contributed by atoms with van der Waals surface area (Å²) in [5.74, 6) is 0.115. The SMILES string of the molecule is CC(CC(=O)O)CC(N)c1ccc(OC(C)C)cc1. The van der Waals surface area contributed by atoms with Crippen molar-refractivity contribution >= 4 is 5.97 Å². The number of ether oxygens (including phenoxy) is 1. The maximum absolute atomic E-state index is 10.6. The number of carbonyl (C=O) groups is 1.